The molecule has 1 heterocycles. The van der Waals surface area contributed by atoms with Crippen LogP contribution in [-0.2, 0) is 0 Å². The van der Waals surface area contributed by atoms with Gasteiger partial charge in [0.1, 0.15) is 5.75 Å². The molecule has 0 aromatic carbocycles. The van der Waals surface area contributed by atoms with Crippen molar-refractivity contribution in [2.45, 2.75) is 58.0 Å². The van der Waals surface area contributed by atoms with Gasteiger partial charge in [-0.1, -0.05) is 26.2 Å². The third-order valence-corrected chi connectivity index (χ3v) is 5.13. The average molecular weight is 335 g/mol. The van der Waals surface area contributed by atoms with Crippen molar-refractivity contribution in [1.82, 2.24) is 4.98 Å². The Labute approximate surface area is 144 Å². The van der Waals surface area contributed by atoms with Crippen molar-refractivity contribution in [3.05, 3.63) is 17.8 Å². The number of methoxy groups -OCH3 is 1. The topological polar surface area (TPSA) is 68.7 Å². The molecule has 0 amide bonds. The number of aldehydes is 1. The molecule has 0 bridgehead atoms. The summed E-state index contributed by atoms with van der Waals surface area (Å²) in [6.45, 7) is 4.55. The van der Waals surface area contributed by atoms with Crippen LogP contribution in [0.25, 0.3) is 0 Å². The lowest BCUT2D eigenvalue weighted by molar-refractivity contribution is -0.0579. The quantitative estimate of drug-likeness (QED) is 0.735. The third kappa shape index (κ3) is 4.47. The van der Waals surface area contributed by atoms with Crippen molar-refractivity contribution in [3.8, 4) is 11.6 Å². The second-order valence-electron chi connectivity index (χ2n) is 6.95. The number of aromatic nitrogens is 1. The van der Waals surface area contributed by atoms with E-state index in [1.54, 1.807) is 6.07 Å². The normalized spacial score (nSPS) is 23.3. The highest BCUT2D eigenvalue weighted by molar-refractivity contribution is 5.79. The molecule has 5 heteroatoms. The summed E-state index contributed by atoms with van der Waals surface area (Å²) >= 11 is 0. The second kappa shape index (κ2) is 8.47. The zero-order chi connectivity index (χ0) is 17.6. The average Bonchev–Trinajstić information content (AvgIpc) is 2.60. The number of aliphatic hydroxyl groups is 1. The summed E-state index contributed by atoms with van der Waals surface area (Å²) in [6.07, 6.45) is 8.45. The molecule has 1 aromatic rings. The van der Waals surface area contributed by atoms with E-state index < -0.39 is 5.60 Å². The number of pyridine rings is 1. The predicted octanol–water partition coefficient (Wildman–Crippen LogP) is 3.64. The number of nitrogens with zero attached hydrogens (tertiary/aromatic N) is 1. The molecule has 0 saturated heterocycles. The SMILES string of the molecule is CCCC(C)(O)C1CCCCC1COc1cnc(OC)cc1C=O. The van der Waals surface area contributed by atoms with Crippen molar-refractivity contribution < 1.29 is 19.4 Å². The van der Waals surface area contributed by atoms with E-state index in [2.05, 4.69) is 11.9 Å². The van der Waals surface area contributed by atoms with Crippen LogP contribution in [0.5, 0.6) is 11.6 Å². The summed E-state index contributed by atoms with van der Waals surface area (Å²) in [5.41, 5.74) is -0.219. The van der Waals surface area contributed by atoms with Gasteiger partial charge in [0.25, 0.3) is 0 Å². The lowest BCUT2D eigenvalue weighted by atomic mass is 9.69. The minimum absolute atomic E-state index is 0.233. The lowest BCUT2D eigenvalue weighted by Crippen LogP contribution is -2.42. The highest BCUT2D eigenvalue weighted by atomic mass is 16.5. The number of ether oxygens (including phenoxy) is 2. The Kier molecular flexibility index (Phi) is 6.60. The maximum Gasteiger partial charge on any atom is 0.213 e. The van der Waals surface area contributed by atoms with E-state index in [1.165, 1.54) is 13.3 Å². The number of carbonyl (C=O) groups is 1. The van der Waals surface area contributed by atoms with E-state index in [1.807, 2.05) is 6.92 Å². The minimum atomic E-state index is -0.658. The summed E-state index contributed by atoms with van der Waals surface area (Å²) in [7, 11) is 1.51. The summed E-state index contributed by atoms with van der Waals surface area (Å²) in [5, 5.41) is 10.8. The smallest absolute Gasteiger partial charge is 0.213 e. The number of rotatable bonds is 8. The Morgan fingerprint density at radius 1 is 1.42 bits per heavy atom. The molecule has 1 aromatic heterocycles. The van der Waals surface area contributed by atoms with Crippen molar-refractivity contribution in [2.75, 3.05) is 13.7 Å². The highest BCUT2D eigenvalue weighted by Crippen LogP contribution is 2.40. The van der Waals surface area contributed by atoms with Gasteiger partial charge >= 0.3 is 0 Å². The first kappa shape index (κ1) is 18.7. The highest BCUT2D eigenvalue weighted by Gasteiger charge is 2.38. The van der Waals surface area contributed by atoms with E-state index >= 15 is 0 Å². The van der Waals surface area contributed by atoms with E-state index in [9.17, 15) is 9.90 Å². The van der Waals surface area contributed by atoms with Crippen LogP contribution < -0.4 is 9.47 Å². The zero-order valence-corrected chi connectivity index (χ0v) is 15.0. The molecule has 1 N–H and O–H groups in total. The molecular formula is C19H29NO4. The first-order chi connectivity index (χ1) is 11.5. The van der Waals surface area contributed by atoms with Crippen LogP contribution >= 0.6 is 0 Å². The molecule has 2 rings (SSSR count). The van der Waals surface area contributed by atoms with Crippen LogP contribution in [0.15, 0.2) is 12.3 Å². The molecule has 0 aliphatic heterocycles. The molecule has 0 radical (unpaired) electrons. The van der Waals surface area contributed by atoms with Crippen molar-refractivity contribution >= 4 is 6.29 Å². The second-order valence-corrected chi connectivity index (χ2v) is 6.95. The third-order valence-electron chi connectivity index (χ3n) is 5.13. The van der Waals surface area contributed by atoms with Gasteiger partial charge in [-0.05, 0) is 38.0 Å². The Bertz CT molecular complexity index is 544. The molecule has 1 aliphatic carbocycles. The predicted molar refractivity (Wildman–Crippen MR) is 92.7 cm³/mol. The number of hydrogen-bond donors (Lipinski definition) is 1. The maximum atomic E-state index is 11.3. The Hall–Kier alpha value is -1.62. The first-order valence-electron chi connectivity index (χ1n) is 8.86. The standard InChI is InChI=1S/C19H29NO4/c1-4-9-19(2,22)16-8-6-5-7-14(16)13-24-17-11-20-18(23-3)10-15(17)12-21/h10-12,14,16,22H,4-9,13H2,1-3H3. The largest absolute Gasteiger partial charge is 0.491 e. The van der Waals surface area contributed by atoms with E-state index in [-0.39, 0.29) is 5.92 Å². The van der Waals surface area contributed by atoms with Crippen LogP contribution in [0.4, 0.5) is 0 Å². The van der Waals surface area contributed by atoms with Crippen LogP contribution in [0.1, 0.15) is 62.7 Å². The molecule has 5 nitrogen and oxygen atoms in total. The van der Waals surface area contributed by atoms with Gasteiger partial charge in [0, 0.05) is 6.07 Å². The van der Waals surface area contributed by atoms with Crippen molar-refractivity contribution in [3.63, 3.8) is 0 Å². The summed E-state index contributed by atoms with van der Waals surface area (Å²) in [6, 6.07) is 1.58. The molecule has 3 atom stereocenters. The van der Waals surface area contributed by atoms with Gasteiger partial charge in [-0.2, -0.15) is 0 Å². The molecule has 24 heavy (non-hydrogen) atoms. The Balaban J connectivity index is 2.07. The minimum Gasteiger partial charge on any atom is -0.491 e. The van der Waals surface area contributed by atoms with Crippen LogP contribution in [0, 0.1) is 11.8 Å². The van der Waals surface area contributed by atoms with Gasteiger partial charge in [-0.3, -0.25) is 4.79 Å². The molecule has 3 unspecified atom stereocenters. The first-order valence-corrected chi connectivity index (χ1v) is 8.86. The van der Waals surface area contributed by atoms with Crippen molar-refractivity contribution in [2.24, 2.45) is 11.8 Å². The molecule has 1 saturated carbocycles. The fourth-order valence-electron chi connectivity index (χ4n) is 3.88. The maximum absolute atomic E-state index is 11.3. The molecular weight excluding hydrogens is 306 g/mol. The van der Waals surface area contributed by atoms with Gasteiger partial charge in [-0.15, -0.1) is 0 Å². The Morgan fingerprint density at radius 3 is 2.83 bits per heavy atom. The molecule has 0 spiro atoms. The summed E-state index contributed by atoms with van der Waals surface area (Å²) in [4.78, 5) is 15.4. The zero-order valence-electron chi connectivity index (χ0n) is 15.0. The Morgan fingerprint density at radius 2 is 2.17 bits per heavy atom. The van der Waals surface area contributed by atoms with Crippen LogP contribution in [0.3, 0.4) is 0 Å². The fraction of sp³-hybridized carbons (Fsp3) is 0.684. The van der Waals surface area contributed by atoms with Gasteiger partial charge in [0.05, 0.1) is 31.1 Å². The van der Waals surface area contributed by atoms with Crippen LogP contribution in [-0.4, -0.2) is 35.7 Å². The lowest BCUT2D eigenvalue weighted by Gasteiger charge is -2.41. The summed E-state index contributed by atoms with van der Waals surface area (Å²) < 4.78 is 10.9. The van der Waals surface area contributed by atoms with Gasteiger partial charge < -0.3 is 14.6 Å². The van der Waals surface area contributed by atoms with Crippen molar-refractivity contribution in [1.29, 1.82) is 0 Å². The van der Waals surface area contributed by atoms with E-state index in [0.717, 1.165) is 44.8 Å². The number of hydrogen-bond acceptors (Lipinski definition) is 5. The van der Waals surface area contributed by atoms with Gasteiger partial charge in [0.15, 0.2) is 6.29 Å². The molecule has 1 aliphatic rings. The fourth-order valence-corrected chi connectivity index (χ4v) is 3.88. The van der Waals surface area contributed by atoms with E-state index in [4.69, 9.17) is 9.47 Å². The molecule has 1 fully saturated rings. The molecule has 134 valence electrons. The monoisotopic (exact) mass is 335 g/mol. The summed E-state index contributed by atoms with van der Waals surface area (Å²) in [5.74, 6) is 1.40. The van der Waals surface area contributed by atoms with Gasteiger partial charge in [-0.25, -0.2) is 4.98 Å². The van der Waals surface area contributed by atoms with E-state index in [0.29, 0.717) is 29.7 Å². The van der Waals surface area contributed by atoms with Gasteiger partial charge in [0.2, 0.25) is 5.88 Å². The number of carbonyl (C=O) groups excluding carboxylic acids is 1. The van der Waals surface area contributed by atoms with Crippen LogP contribution in [0.2, 0.25) is 0 Å².